The van der Waals surface area contributed by atoms with Crippen molar-refractivity contribution in [2.75, 3.05) is 0 Å². The number of hydrogen-bond donors (Lipinski definition) is 2. The molecule has 27 heavy (non-hydrogen) atoms. The van der Waals surface area contributed by atoms with Gasteiger partial charge in [0.2, 0.25) is 5.91 Å². The average molecular weight is 363 g/mol. The predicted molar refractivity (Wildman–Crippen MR) is 101 cm³/mol. The minimum Gasteiger partial charge on any atom is -0.368 e. The average Bonchev–Trinajstić information content (AvgIpc) is 3.46. The van der Waals surface area contributed by atoms with Crippen molar-refractivity contribution in [2.45, 2.75) is 31.7 Å². The van der Waals surface area contributed by atoms with Crippen LogP contribution in [0.4, 0.5) is 0 Å². The molecule has 1 atom stereocenters. The van der Waals surface area contributed by atoms with E-state index in [0.29, 0.717) is 28.1 Å². The van der Waals surface area contributed by atoms with Gasteiger partial charge in [0.05, 0.1) is 16.6 Å². The van der Waals surface area contributed by atoms with Crippen molar-refractivity contribution in [3.8, 4) is 0 Å². The van der Waals surface area contributed by atoms with E-state index in [0.717, 1.165) is 24.2 Å². The van der Waals surface area contributed by atoms with Gasteiger partial charge in [-0.05, 0) is 31.4 Å². The number of aromatic nitrogens is 3. The molecule has 1 saturated carbocycles. The first-order chi connectivity index (χ1) is 13.0. The summed E-state index contributed by atoms with van der Waals surface area (Å²) in [5, 5.41) is 7.90. The number of nitrogens with two attached hydrogens (primary N) is 1. The van der Waals surface area contributed by atoms with Crippen molar-refractivity contribution < 1.29 is 9.59 Å². The fourth-order valence-corrected chi connectivity index (χ4v) is 3.40. The number of nitrogens with one attached hydrogen (secondary N) is 1. The molecule has 1 unspecified atom stereocenters. The van der Waals surface area contributed by atoms with E-state index in [1.54, 1.807) is 28.9 Å². The summed E-state index contributed by atoms with van der Waals surface area (Å²) in [7, 11) is 1.82. The Morgan fingerprint density at radius 2 is 1.96 bits per heavy atom. The first-order valence-electron chi connectivity index (χ1n) is 8.95. The number of benzene rings is 1. The molecule has 3 N–H and O–H groups in total. The van der Waals surface area contributed by atoms with Crippen molar-refractivity contribution in [1.29, 1.82) is 0 Å². The zero-order valence-electron chi connectivity index (χ0n) is 15.3. The first-order valence-corrected chi connectivity index (χ1v) is 8.95. The number of hydrogen-bond acceptors (Lipinski definition) is 4. The highest BCUT2D eigenvalue weighted by atomic mass is 16.2. The van der Waals surface area contributed by atoms with Crippen LogP contribution in [0.3, 0.4) is 0 Å². The normalized spacial score (nSPS) is 14.9. The molecule has 4 rings (SSSR count). The second kappa shape index (κ2) is 6.50. The summed E-state index contributed by atoms with van der Waals surface area (Å²) >= 11 is 0. The number of aryl methyl sites for hydroxylation is 2. The maximum Gasteiger partial charge on any atom is 0.253 e. The molecule has 138 valence electrons. The number of carbonyl (C=O) groups excluding carboxylic acids is 2. The van der Waals surface area contributed by atoms with Crippen LogP contribution in [0, 0.1) is 6.92 Å². The second-order valence-electron chi connectivity index (χ2n) is 7.00. The fourth-order valence-electron chi connectivity index (χ4n) is 3.40. The van der Waals surface area contributed by atoms with Crippen LogP contribution >= 0.6 is 0 Å². The molecule has 1 aromatic carbocycles. The van der Waals surface area contributed by atoms with Crippen LogP contribution in [0.1, 0.15) is 52.1 Å². The van der Waals surface area contributed by atoms with E-state index in [9.17, 15) is 9.59 Å². The van der Waals surface area contributed by atoms with Gasteiger partial charge >= 0.3 is 0 Å². The topological polar surface area (TPSA) is 103 Å². The minimum atomic E-state index is -0.900. The van der Waals surface area contributed by atoms with Crippen LogP contribution in [0.15, 0.2) is 36.4 Å². The summed E-state index contributed by atoms with van der Waals surface area (Å²) < 4.78 is 1.69. The van der Waals surface area contributed by atoms with Gasteiger partial charge in [0.1, 0.15) is 6.04 Å². The largest absolute Gasteiger partial charge is 0.368 e. The van der Waals surface area contributed by atoms with Crippen molar-refractivity contribution in [1.82, 2.24) is 20.1 Å². The third-order valence-electron chi connectivity index (χ3n) is 4.92. The lowest BCUT2D eigenvalue weighted by Crippen LogP contribution is -2.37. The number of primary amides is 1. The molecular weight excluding hydrogens is 342 g/mol. The van der Waals surface area contributed by atoms with Gasteiger partial charge in [-0.15, -0.1) is 0 Å². The third kappa shape index (κ3) is 3.16. The Kier molecular flexibility index (Phi) is 4.14. The molecule has 1 fully saturated rings. The molecule has 2 heterocycles. The van der Waals surface area contributed by atoms with Gasteiger partial charge in [0, 0.05) is 18.7 Å². The number of nitrogens with zero attached hydrogens (tertiary/aromatic N) is 3. The molecule has 2 aromatic heterocycles. The Labute approximate surface area is 156 Å². The number of fused-ring (bicyclic) bond motifs is 1. The molecule has 7 heteroatoms. The van der Waals surface area contributed by atoms with Gasteiger partial charge in [-0.1, -0.05) is 30.3 Å². The second-order valence-corrected chi connectivity index (χ2v) is 7.00. The van der Waals surface area contributed by atoms with Crippen LogP contribution < -0.4 is 11.1 Å². The van der Waals surface area contributed by atoms with E-state index in [4.69, 9.17) is 10.7 Å². The van der Waals surface area contributed by atoms with E-state index >= 15 is 0 Å². The zero-order valence-corrected chi connectivity index (χ0v) is 15.3. The molecule has 0 bridgehead atoms. The van der Waals surface area contributed by atoms with Crippen LogP contribution in [0.2, 0.25) is 0 Å². The smallest absolute Gasteiger partial charge is 0.253 e. The minimum absolute atomic E-state index is 0.354. The molecule has 2 amide bonds. The molecule has 0 aliphatic heterocycles. The highest BCUT2D eigenvalue weighted by Crippen LogP contribution is 2.40. The number of pyridine rings is 1. The Morgan fingerprint density at radius 1 is 1.26 bits per heavy atom. The highest BCUT2D eigenvalue weighted by Gasteiger charge is 2.29. The lowest BCUT2D eigenvalue weighted by molar-refractivity contribution is -0.120. The molecule has 7 nitrogen and oxygen atoms in total. The van der Waals surface area contributed by atoms with Gasteiger partial charge in [0.25, 0.3) is 5.91 Å². The molecule has 0 radical (unpaired) electrons. The number of rotatable bonds is 5. The lowest BCUT2D eigenvalue weighted by atomic mass is 10.0. The monoisotopic (exact) mass is 363 g/mol. The van der Waals surface area contributed by atoms with Crippen molar-refractivity contribution in [3.05, 3.63) is 58.9 Å². The summed E-state index contributed by atoms with van der Waals surface area (Å²) in [4.78, 5) is 29.8. The molecular formula is C20H21N5O2. The van der Waals surface area contributed by atoms with Crippen molar-refractivity contribution >= 4 is 22.8 Å². The molecule has 0 saturated heterocycles. The Hall–Kier alpha value is -3.22. The van der Waals surface area contributed by atoms with E-state index in [1.165, 1.54) is 0 Å². The Bertz CT molecular complexity index is 1040. The summed E-state index contributed by atoms with van der Waals surface area (Å²) in [6.07, 6.45) is 2.15. The Balaban J connectivity index is 1.76. The molecule has 0 spiro atoms. The van der Waals surface area contributed by atoms with Crippen LogP contribution in [-0.4, -0.2) is 26.6 Å². The van der Waals surface area contributed by atoms with E-state index in [1.807, 2.05) is 26.1 Å². The van der Waals surface area contributed by atoms with Gasteiger partial charge in [-0.2, -0.15) is 5.10 Å². The summed E-state index contributed by atoms with van der Waals surface area (Å²) in [6, 6.07) is 9.91. The lowest BCUT2D eigenvalue weighted by Gasteiger charge is -2.16. The maximum atomic E-state index is 13.1. The van der Waals surface area contributed by atoms with Crippen molar-refractivity contribution in [2.24, 2.45) is 12.8 Å². The summed E-state index contributed by atoms with van der Waals surface area (Å²) in [6.45, 7) is 1.85. The standard InChI is InChI=1S/C20H21N5O2/c1-11-16-14(10-15(12-8-9-12)22-19(16)25(2)24-11)20(27)23-17(18(21)26)13-6-4-3-5-7-13/h3-7,10,12,17H,8-9H2,1-2H3,(H2,21,26)(H,23,27). The van der Waals surface area contributed by atoms with Gasteiger partial charge in [-0.3, -0.25) is 14.3 Å². The number of carbonyl (C=O) groups is 2. The van der Waals surface area contributed by atoms with Gasteiger partial charge < -0.3 is 11.1 Å². The predicted octanol–water partition coefficient (Wildman–Crippen LogP) is 2.11. The SMILES string of the molecule is Cc1nn(C)c2nc(C3CC3)cc(C(=O)NC(C(N)=O)c3ccccc3)c12. The van der Waals surface area contributed by atoms with Crippen LogP contribution in [0.5, 0.6) is 0 Å². The van der Waals surface area contributed by atoms with Gasteiger partial charge in [-0.25, -0.2) is 4.98 Å². The maximum absolute atomic E-state index is 13.1. The first kappa shape index (κ1) is 17.2. The van der Waals surface area contributed by atoms with Gasteiger partial charge in [0.15, 0.2) is 5.65 Å². The fraction of sp³-hybridized carbons (Fsp3) is 0.300. The quantitative estimate of drug-likeness (QED) is 0.724. The highest BCUT2D eigenvalue weighted by molar-refractivity contribution is 6.07. The third-order valence-corrected chi connectivity index (χ3v) is 4.92. The summed E-state index contributed by atoms with van der Waals surface area (Å²) in [5.74, 6) is -0.574. The van der Waals surface area contributed by atoms with E-state index in [-0.39, 0.29) is 5.91 Å². The Morgan fingerprint density at radius 3 is 2.59 bits per heavy atom. The van der Waals surface area contributed by atoms with Crippen LogP contribution in [0.25, 0.3) is 11.0 Å². The molecule has 1 aliphatic carbocycles. The molecule has 1 aliphatic rings. The molecule has 3 aromatic rings. The van der Waals surface area contributed by atoms with Crippen LogP contribution in [-0.2, 0) is 11.8 Å². The van der Waals surface area contributed by atoms with E-state index in [2.05, 4.69) is 10.4 Å². The van der Waals surface area contributed by atoms with E-state index < -0.39 is 11.9 Å². The summed E-state index contributed by atoms with van der Waals surface area (Å²) in [5.41, 5.74) is 8.97. The zero-order chi connectivity index (χ0) is 19.1. The van der Waals surface area contributed by atoms with Crippen molar-refractivity contribution in [3.63, 3.8) is 0 Å². The number of amides is 2.